The molecular weight excluding hydrogens is 250 g/mol. The molecule has 0 bridgehead atoms. The van der Waals surface area contributed by atoms with Gasteiger partial charge in [-0.05, 0) is 11.6 Å². The highest BCUT2D eigenvalue weighted by Crippen LogP contribution is 2.12. The third-order valence-corrected chi connectivity index (χ3v) is 3.08. The largest absolute Gasteiger partial charge is 0.349 e. The molecule has 102 valence electrons. The van der Waals surface area contributed by atoms with Crippen molar-refractivity contribution in [3.05, 3.63) is 71.3 Å². The van der Waals surface area contributed by atoms with E-state index in [1.807, 2.05) is 30.3 Å². The summed E-state index contributed by atoms with van der Waals surface area (Å²) >= 11 is 0. The van der Waals surface area contributed by atoms with E-state index < -0.39 is 0 Å². The summed E-state index contributed by atoms with van der Waals surface area (Å²) in [6.45, 7) is 0. The fourth-order valence-corrected chi connectivity index (χ4v) is 1.91. The third-order valence-electron chi connectivity index (χ3n) is 3.08. The van der Waals surface area contributed by atoms with Crippen LogP contribution in [0, 0.1) is 0 Å². The zero-order chi connectivity index (χ0) is 14.5. The highest BCUT2D eigenvalue weighted by molar-refractivity contribution is 6.09. The summed E-state index contributed by atoms with van der Waals surface area (Å²) in [4.78, 5) is 25.6. The predicted octanol–water partition coefficient (Wildman–Crippen LogP) is 2.55. The van der Waals surface area contributed by atoms with Crippen molar-refractivity contribution in [2.75, 3.05) is 14.1 Å². The van der Waals surface area contributed by atoms with E-state index in [1.165, 1.54) is 0 Å². The number of rotatable bonds is 4. The average Bonchev–Trinajstić information content (AvgIpc) is 2.47. The molecule has 0 spiro atoms. The molecule has 2 rings (SSSR count). The minimum Gasteiger partial charge on any atom is -0.349 e. The topological polar surface area (TPSA) is 37.4 Å². The Labute approximate surface area is 118 Å². The number of carbonyl (C=O) groups excluding carboxylic acids is 2. The Morgan fingerprint density at radius 1 is 0.900 bits per heavy atom. The SMILES string of the molecule is CN(C)C(=O)Cc1cccc(C(=O)c2ccccc2)c1. The first-order valence-electron chi connectivity index (χ1n) is 6.47. The molecule has 3 nitrogen and oxygen atoms in total. The summed E-state index contributed by atoms with van der Waals surface area (Å²) in [5.41, 5.74) is 2.12. The Bertz CT molecular complexity index is 618. The lowest BCUT2D eigenvalue weighted by Crippen LogP contribution is -2.23. The van der Waals surface area contributed by atoms with Crippen molar-refractivity contribution in [1.82, 2.24) is 4.90 Å². The van der Waals surface area contributed by atoms with E-state index in [0.29, 0.717) is 17.5 Å². The van der Waals surface area contributed by atoms with E-state index in [4.69, 9.17) is 0 Å². The smallest absolute Gasteiger partial charge is 0.226 e. The highest BCUT2D eigenvalue weighted by atomic mass is 16.2. The Balaban J connectivity index is 2.22. The van der Waals surface area contributed by atoms with Crippen LogP contribution in [0.25, 0.3) is 0 Å². The Morgan fingerprint density at radius 3 is 2.20 bits per heavy atom. The van der Waals surface area contributed by atoms with Gasteiger partial charge in [-0.2, -0.15) is 0 Å². The van der Waals surface area contributed by atoms with Crippen molar-refractivity contribution < 1.29 is 9.59 Å². The summed E-state index contributed by atoms with van der Waals surface area (Å²) in [5, 5.41) is 0. The van der Waals surface area contributed by atoms with Crippen LogP contribution in [0.4, 0.5) is 0 Å². The van der Waals surface area contributed by atoms with Crippen molar-refractivity contribution in [2.24, 2.45) is 0 Å². The molecule has 0 saturated heterocycles. The summed E-state index contributed by atoms with van der Waals surface area (Å²) in [6.07, 6.45) is 0.308. The molecule has 0 heterocycles. The predicted molar refractivity (Wildman–Crippen MR) is 78.7 cm³/mol. The number of ketones is 1. The van der Waals surface area contributed by atoms with Crippen LogP contribution in [0.2, 0.25) is 0 Å². The molecule has 0 N–H and O–H groups in total. The van der Waals surface area contributed by atoms with Crippen LogP contribution < -0.4 is 0 Å². The minimum atomic E-state index is -0.0234. The molecule has 0 radical (unpaired) electrons. The average molecular weight is 267 g/mol. The van der Waals surface area contributed by atoms with Gasteiger partial charge in [-0.15, -0.1) is 0 Å². The zero-order valence-electron chi connectivity index (χ0n) is 11.7. The van der Waals surface area contributed by atoms with Crippen molar-refractivity contribution >= 4 is 11.7 Å². The van der Waals surface area contributed by atoms with Gasteiger partial charge in [0.1, 0.15) is 0 Å². The van der Waals surface area contributed by atoms with Gasteiger partial charge in [0.05, 0.1) is 6.42 Å². The van der Waals surface area contributed by atoms with Gasteiger partial charge in [0.2, 0.25) is 5.91 Å². The maximum Gasteiger partial charge on any atom is 0.226 e. The molecule has 0 aliphatic rings. The number of likely N-dealkylation sites (N-methyl/N-ethyl adjacent to an activating group) is 1. The molecule has 3 heteroatoms. The molecule has 0 aromatic heterocycles. The van der Waals surface area contributed by atoms with Gasteiger partial charge in [0.25, 0.3) is 0 Å². The van der Waals surface area contributed by atoms with Crippen LogP contribution in [0.1, 0.15) is 21.5 Å². The van der Waals surface area contributed by atoms with Crippen LogP contribution in [0.15, 0.2) is 54.6 Å². The summed E-state index contributed by atoms with van der Waals surface area (Å²) in [6, 6.07) is 16.4. The minimum absolute atomic E-state index is 0.0225. The highest BCUT2D eigenvalue weighted by Gasteiger charge is 2.11. The van der Waals surface area contributed by atoms with E-state index >= 15 is 0 Å². The Kier molecular flexibility index (Phi) is 4.31. The first-order chi connectivity index (χ1) is 9.58. The maximum atomic E-state index is 12.3. The number of nitrogens with zero attached hydrogens (tertiary/aromatic N) is 1. The molecule has 1 amide bonds. The molecule has 0 aliphatic carbocycles. The fraction of sp³-hybridized carbons (Fsp3) is 0.176. The van der Waals surface area contributed by atoms with Crippen molar-refractivity contribution in [3.8, 4) is 0 Å². The van der Waals surface area contributed by atoms with Gasteiger partial charge in [-0.1, -0.05) is 48.5 Å². The lowest BCUT2D eigenvalue weighted by molar-refractivity contribution is -0.127. The van der Waals surface area contributed by atoms with E-state index in [9.17, 15) is 9.59 Å². The van der Waals surface area contributed by atoms with Crippen molar-refractivity contribution in [3.63, 3.8) is 0 Å². The van der Waals surface area contributed by atoms with Gasteiger partial charge in [-0.3, -0.25) is 9.59 Å². The number of amides is 1. The number of carbonyl (C=O) groups is 2. The second-order valence-electron chi connectivity index (χ2n) is 4.86. The molecule has 20 heavy (non-hydrogen) atoms. The summed E-state index contributed by atoms with van der Waals surface area (Å²) < 4.78 is 0. The Hall–Kier alpha value is -2.42. The molecule has 0 saturated carbocycles. The van der Waals surface area contributed by atoms with Crippen molar-refractivity contribution in [1.29, 1.82) is 0 Å². The quantitative estimate of drug-likeness (QED) is 0.798. The summed E-state index contributed by atoms with van der Waals surface area (Å²) in [5.74, 6) is -0.000868. The normalized spacial score (nSPS) is 10.1. The van der Waals surface area contributed by atoms with E-state index in [1.54, 1.807) is 43.3 Å². The number of hydrogen-bond donors (Lipinski definition) is 0. The summed E-state index contributed by atoms with van der Waals surface area (Å²) in [7, 11) is 3.45. The second-order valence-corrected chi connectivity index (χ2v) is 4.86. The first-order valence-corrected chi connectivity index (χ1v) is 6.47. The van der Waals surface area contributed by atoms with Crippen LogP contribution in [0.5, 0.6) is 0 Å². The van der Waals surface area contributed by atoms with Gasteiger partial charge >= 0.3 is 0 Å². The Morgan fingerprint density at radius 2 is 1.55 bits per heavy atom. The molecule has 2 aromatic rings. The van der Waals surface area contributed by atoms with E-state index in [-0.39, 0.29) is 11.7 Å². The van der Waals surface area contributed by atoms with Crippen LogP contribution in [-0.2, 0) is 11.2 Å². The standard InChI is InChI=1S/C17H17NO2/c1-18(2)16(19)12-13-7-6-10-15(11-13)17(20)14-8-4-3-5-9-14/h3-11H,12H2,1-2H3. The monoisotopic (exact) mass is 267 g/mol. The zero-order valence-corrected chi connectivity index (χ0v) is 11.7. The van der Waals surface area contributed by atoms with Crippen LogP contribution >= 0.6 is 0 Å². The second kappa shape index (κ2) is 6.15. The lowest BCUT2D eigenvalue weighted by Gasteiger charge is -2.10. The number of hydrogen-bond acceptors (Lipinski definition) is 2. The molecule has 0 aliphatic heterocycles. The van der Waals surface area contributed by atoms with Gasteiger partial charge in [-0.25, -0.2) is 0 Å². The van der Waals surface area contributed by atoms with Gasteiger partial charge < -0.3 is 4.90 Å². The third kappa shape index (κ3) is 3.32. The molecular formula is C17H17NO2. The lowest BCUT2D eigenvalue weighted by atomic mass is 10.0. The van der Waals surface area contributed by atoms with Crippen LogP contribution in [0.3, 0.4) is 0 Å². The van der Waals surface area contributed by atoms with Crippen molar-refractivity contribution in [2.45, 2.75) is 6.42 Å². The molecule has 0 fully saturated rings. The van der Waals surface area contributed by atoms with E-state index in [0.717, 1.165) is 5.56 Å². The molecule has 2 aromatic carbocycles. The van der Waals surface area contributed by atoms with Crippen LogP contribution in [-0.4, -0.2) is 30.7 Å². The molecule has 0 unspecified atom stereocenters. The van der Waals surface area contributed by atoms with E-state index in [2.05, 4.69) is 0 Å². The number of benzene rings is 2. The van der Waals surface area contributed by atoms with Gasteiger partial charge in [0.15, 0.2) is 5.78 Å². The first kappa shape index (κ1) is 14.0. The fourth-order valence-electron chi connectivity index (χ4n) is 1.91. The molecule has 0 atom stereocenters. The maximum absolute atomic E-state index is 12.3. The van der Waals surface area contributed by atoms with Gasteiger partial charge in [0, 0.05) is 25.2 Å².